The smallest absolute Gasteiger partial charge is 0.316 e. The number of rotatable bonds is 21. The molecule has 28 heavy (non-hydrogen) atoms. The van der Waals surface area contributed by atoms with Gasteiger partial charge in [-0.25, -0.2) is 0 Å². The summed E-state index contributed by atoms with van der Waals surface area (Å²) in [7, 11) is 0. The van der Waals surface area contributed by atoms with E-state index in [0.29, 0.717) is 13.0 Å². The summed E-state index contributed by atoms with van der Waals surface area (Å²) in [6.45, 7) is 6.45. The van der Waals surface area contributed by atoms with Crippen LogP contribution in [0.3, 0.4) is 0 Å². The molecule has 0 saturated heterocycles. The molecule has 0 aromatic heterocycles. The second kappa shape index (κ2) is 20.9. The third-order valence-corrected chi connectivity index (χ3v) is 5.61. The highest BCUT2D eigenvalue weighted by molar-refractivity contribution is 5.97. The van der Waals surface area contributed by atoms with E-state index in [1.165, 1.54) is 90.4 Å². The van der Waals surface area contributed by atoms with Gasteiger partial charge in [0.2, 0.25) is 0 Å². The molecule has 0 N–H and O–H groups in total. The van der Waals surface area contributed by atoms with E-state index in [2.05, 4.69) is 13.8 Å². The van der Waals surface area contributed by atoms with E-state index in [0.717, 1.165) is 25.7 Å². The molecule has 0 aliphatic carbocycles. The lowest BCUT2D eigenvalue weighted by Gasteiger charge is -2.13. The van der Waals surface area contributed by atoms with Crippen molar-refractivity contribution in [1.82, 2.24) is 0 Å². The highest BCUT2D eigenvalue weighted by Gasteiger charge is 2.24. The van der Waals surface area contributed by atoms with Gasteiger partial charge in [-0.3, -0.25) is 9.59 Å². The van der Waals surface area contributed by atoms with E-state index in [9.17, 15) is 9.59 Å². The number of ether oxygens (including phenoxy) is 1. The first-order valence-electron chi connectivity index (χ1n) is 12.3. The lowest BCUT2D eigenvalue weighted by Crippen LogP contribution is -2.24. The van der Waals surface area contributed by atoms with Gasteiger partial charge in [0.25, 0.3) is 0 Å². The summed E-state index contributed by atoms with van der Waals surface area (Å²) in [6, 6.07) is 0. The van der Waals surface area contributed by atoms with Crippen LogP contribution in [-0.4, -0.2) is 18.4 Å². The van der Waals surface area contributed by atoms with Crippen molar-refractivity contribution < 1.29 is 14.3 Å². The maximum Gasteiger partial charge on any atom is 0.316 e. The Kier molecular flexibility index (Phi) is 20.2. The molecule has 0 aliphatic rings. The molecule has 0 rings (SSSR count). The number of Topliss-reactive ketones (excluding diaryl/α,β-unsaturated/α-hetero) is 1. The number of esters is 1. The number of hydrogen-bond acceptors (Lipinski definition) is 3. The zero-order chi connectivity index (χ0) is 20.9. The average molecular weight is 397 g/mol. The molecule has 0 saturated carbocycles. The van der Waals surface area contributed by atoms with Crippen molar-refractivity contribution in [3.63, 3.8) is 0 Å². The topological polar surface area (TPSA) is 43.4 Å². The molecule has 0 spiro atoms. The molecule has 0 aromatic rings. The zero-order valence-corrected chi connectivity index (χ0v) is 19.2. The fraction of sp³-hybridized carbons (Fsp3) is 0.920. The van der Waals surface area contributed by atoms with Crippen LogP contribution < -0.4 is 0 Å². The van der Waals surface area contributed by atoms with Crippen LogP contribution in [0, 0.1) is 5.92 Å². The van der Waals surface area contributed by atoms with Crippen molar-refractivity contribution in [1.29, 1.82) is 0 Å². The summed E-state index contributed by atoms with van der Waals surface area (Å²) < 4.78 is 5.38. The quantitative estimate of drug-likeness (QED) is 0.113. The maximum atomic E-state index is 12.2. The molecule has 1 unspecified atom stereocenters. The molecule has 0 bridgehead atoms. The third-order valence-electron chi connectivity index (χ3n) is 5.61. The molecular formula is C25H48O3. The van der Waals surface area contributed by atoms with Crippen LogP contribution in [0.2, 0.25) is 0 Å². The first-order valence-corrected chi connectivity index (χ1v) is 12.3. The van der Waals surface area contributed by atoms with E-state index in [1.54, 1.807) is 0 Å². The van der Waals surface area contributed by atoms with Crippen molar-refractivity contribution in [2.45, 2.75) is 136 Å². The van der Waals surface area contributed by atoms with Gasteiger partial charge in [-0.2, -0.15) is 0 Å². The monoisotopic (exact) mass is 396 g/mol. The van der Waals surface area contributed by atoms with Crippen LogP contribution in [0.15, 0.2) is 0 Å². The van der Waals surface area contributed by atoms with Gasteiger partial charge in [-0.15, -0.1) is 0 Å². The number of ketones is 1. The number of carbonyl (C=O) groups is 2. The highest BCUT2D eigenvalue weighted by atomic mass is 16.5. The van der Waals surface area contributed by atoms with Crippen LogP contribution in [0.25, 0.3) is 0 Å². The van der Waals surface area contributed by atoms with Gasteiger partial charge in [0.05, 0.1) is 6.61 Å². The van der Waals surface area contributed by atoms with E-state index in [1.807, 2.05) is 0 Å². The van der Waals surface area contributed by atoms with Gasteiger partial charge >= 0.3 is 5.97 Å². The molecule has 166 valence electrons. The van der Waals surface area contributed by atoms with E-state index < -0.39 is 5.92 Å². The molecular weight excluding hydrogens is 348 g/mol. The Bertz CT molecular complexity index is 365. The van der Waals surface area contributed by atoms with Crippen LogP contribution >= 0.6 is 0 Å². The van der Waals surface area contributed by atoms with Gasteiger partial charge in [0, 0.05) is 0 Å². The predicted molar refractivity (Wildman–Crippen MR) is 120 cm³/mol. The Balaban J connectivity index is 3.60. The van der Waals surface area contributed by atoms with Crippen molar-refractivity contribution in [3.8, 4) is 0 Å². The van der Waals surface area contributed by atoms with Crippen molar-refractivity contribution in [2.24, 2.45) is 5.92 Å². The number of carbonyl (C=O) groups excluding carboxylic acids is 2. The third kappa shape index (κ3) is 17.3. The first kappa shape index (κ1) is 27.1. The minimum Gasteiger partial charge on any atom is -0.465 e. The van der Waals surface area contributed by atoms with Gasteiger partial charge in [0.1, 0.15) is 11.7 Å². The Hall–Kier alpha value is -0.860. The lowest BCUT2D eigenvalue weighted by molar-refractivity contribution is -0.152. The summed E-state index contributed by atoms with van der Waals surface area (Å²) >= 11 is 0. The number of hydrogen-bond donors (Lipinski definition) is 0. The van der Waals surface area contributed by atoms with Crippen molar-refractivity contribution >= 4 is 11.8 Å². The molecule has 0 heterocycles. The Labute approximate surface area is 175 Å². The molecule has 0 aromatic carbocycles. The Morgan fingerprint density at radius 1 is 0.607 bits per heavy atom. The largest absolute Gasteiger partial charge is 0.465 e. The minimum absolute atomic E-state index is 0.0440. The summed E-state index contributed by atoms with van der Waals surface area (Å²) in [6.07, 6.45) is 21.8. The van der Waals surface area contributed by atoms with Gasteiger partial charge in [-0.1, -0.05) is 117 Å². The normalized spacial score (nSPS) is 12.1. The van der Waals surface area contributed by atoms with Gasteiger partial charge in [0.15, 0.2) is 0 Å². The fourth-order valence-corrected chi connectivity index (χ4v) is 3.66. The van der Waals surface area contributed by atoms with E-state index >= 15 is 0 Å². The van der Waals surface area contributed by atoms with Crippen LogP contribution in [-0.2, 0) is 14.3 Å². The SMILES string of the molecule is CCCCCCCCCCCCCOC(=O)C(CCCCCCCC)C(C)=O. The summed E-state index contributed by atoms with van der Waals surface area (Å²) in [5, 5.41) is 0. The van der Waals surface area contributed by atoms with Crippen LogP contribution in [0.5, 0.6) is 0 Å². The molecule has 3 nitrogen and oxygen atoms in total. The second-order valence-corrected chi connectivity index (χ2v) is 8.42. The molecule has 0 radical (unpaired) electrons. The predicted octanol–water partition coefficient (Wildman–Crippen LogP) is 7.80. The zero-order valence-electron chi connectivity index (χ0n) is 19.2. The van der Waals surface area contributed by atoms with Gasteiger partial charge < -0.3 is 4.74 Å². The molecule has 0 aliphatic heterocycles. The van der Waals surface area contributed by atoms with Crippen molar-refractivity contribution in [3.05, 3.63) is 0 Å². The summed E-state index contributed by atoms with van der Waals surface area (Å²) in [5.41, 5.74) is 0. The van der Waals surface area contributed by atoms with Crippen molar-refractivity contribution in [2.75, 3.05) is 6.61 Å². The lowest BCUT2D eigenvalue weighted by atomic mass is 9.97. The molecule has 1 atom stereocenters. The molecule has 3 heteroatoms. The van der Waals surface area contributed by atoms with Crippen LogP contribution in [0.1, 0.15) is 136 Å². The second-order valence-electron chi connectivity index (χ2n) is 8.42. The number of unbranched alkanes of at least 4 members (excludes halogenated alkanes) is 15. The van der Waals surface area contributed by atoms with E-state index in [-0.39, 0.29) is 11.8 Å². The van der Waals surface area contributed by atoms with E-state index in [4.69, 9.17) is 4.74 Å². The molecule has 0 amide bonds. The maximum absolute atomic E-state index is 12.2. The summed E-state index contributed by atoms with van der Waals surface area (Å²) in [4.78, 5) is 24.0. The minimum atomic E-state index is -0.543. The highest BCUT2D eigenvalue weighted by Crippen LogP contribution is 2.16. The first-order chi connectivity index (χ1) is 13.6. The molecule has 0 fully saturated rings. The van der Waals surface area contributed by atoms with Crippen LogP contribution in [0.4, 0.5) is 0 Å². The Morgan fingerprint density at radius 3 is 1.43 bits per heavy atom. The fourth-order valence-electron chi connectivity index (χ4n) is 3.66. The average Bonchev–Trinajstić information content (AvgIpc) is 2.67. The Morgan fingerprint density at radius 2 is 1.00 bits per heavy atom. The summed E-state index contributed by atoms with van der Waals surface area (Å²) in [5.74, 6) is -0.885. The standard InChI is InChI=1S/C25H48O3/c1-4-6-8-10-12-13-14-15-16-18-20-22-28-25(27)24(23(3)26)21-19-17-11-9-7-5-2/h24H,4-22H2,1-3H3. The van der Waals surface area contributed by atoms with Gasteiger partial charge in [-0.05, 0) is 19.8 Å².